The number of carbonyl (C=O) groups excluding carboxylic acids is 1. The van der Waals surface area contributed by atoms with E-state index < -0.39 is 0 Å². The molecule has 17 heavy (non-hydrogen) atoms. The van der Waals surface area contributed by atoms with Crippen LogP contribution < -0.4 is 0 Å². The van der Waals surface area contributed by atoms with E-state index in [1.54, 1.807) is 0 Å². The summed E-state index contributed by atoms with van der Waals surface area (Å²) in [4.78, 5) is 17.4. The van der Waals surface area contributed by atoms with Gasteiger partial charge in [0.05, 0.1) is 4.88 Å². The molecule has 1 fully saturated rings. The Hall–Kier alpha value is -0.870. The summed E-state index contributed by atoms with van der Waals surface area (Å²) >= 11 is 1.53. The van der Waals surface area contributed by atoms with Gasteiger partial charge in [-0.3, -0.25) is 9.69 Å². The first-order valence-corrected chi connectivity index (χ1v) is 7.17. The molecule has 0 unspecified atom stereocenters. The molecule has 4 heteroatoms. The average Bonchev–Trinajstić information content (AvgIpc) is 2.91. The minimum Gasteiger partial charge on any atom is -0.335 e. The highest BCUT2D eigenvalue weighted by atomic mass is 32.1. The number of amides is 1. The topological polar surface area (TPSA) is 23.6 Å². The lowest BCUT2D eigenvalue weighted by atomic mass is 10.2. The fraction of sp³-hybridized carbons (Fsp3) is 0.615. The Morgan fingerprint density at radius 3 is 2.65 bits per heavy atom. The maximum Gasteiger partial charge on any atom is 0.264 e. The van der Waals surface area contributed by atoms with Gasteiger partial charge in [0.2, 0.25) is 0 Å². The van der Waals surface area contributed by atoms with Gasteiger partial charge in [-0.1, -0.05) is 13.0 Å². The summed E-state index contributed by atoms with van der Waals surface area (Å²) in [5.41, 5.74) is 0. The molecule has 1 aliphatic rings. The Bertz CT molecular complexity index is 356. The second kappa shape index (κ2) is 5.65. The lowest BCUT2D eigenvalue weighted by Crippen LogP contribution is -2.51. The second-order valence-electron chi connectivity index (χ2n) is 4.56. The van der Waals surface area contributed by atoms with Crippen molar-refractivity contribution in [3.63, 3.8) is 0 Å². The van der Waals surface area contributed by atoms with Gasteiger partial charge < -0.3 is 4.90 Å². The van der Waals surface area contributed by atoms with Crippen LogP contribution in [0.25, 0.3) is 0 Å². The fourth-order valence-electron chi connectivity index (χ4n) is 2.18. The lowest BCUT2D eigenvalue weighted by Gasteiger charge is -2.37. The molecule has 0 aromatic carbocycles. The van der Waals surface area contributed by atoms with Gasteiger partial charge >= 0.3 is 0 Å². The molecule has 0 spiro atoms. The van der Waals surface area contributed by atoms with Crippen molar-refractivity contribution in [2.75, 3.05) is 26.2 Å². The van der Waals surface area contributed by atoms with Crippen molar-refractivity contribution in [3.05, 3.63) is 22.4 Å². The zero-order valence-electron chi connectivity index (χ0n) is 10.6. The molecular weight excluding hydrogens is 232 g/mol. The summed E-state index contributed by atoms with van der Waals surface area (Å²) < 4.78 is 0. The van der Waals surface area contributed by atoms with Gasteiger partial charge in [0, 0.05) is 32.2 Å². The Morgan fingerprint density at radius 2 is 2.12 bits per heavy atom. The summed E-state index contributed by atoms with van der Waals surface area (Å²) in [6.45, 7) is 8.21. The van der Waals surface area contributed by atoms with Gasteiger partial charge in [-0.25, -0.2) is 0 Å². The number of rotatable bonds is 3. The first-order chi connectivity index (χ1) is 8.22. The van der Waals surface area contributed by atoms with E-state index >= 15 is 0 Å². The van der Waals surface area contributed by atoms with Crippen LogP contribution in [-0.4, -0.2) is 47.9 Å². The van der Waals surface area contributed by atoms with Crippen molar-refractivity contribution in [1.82, 2.24) is 9.80 Å². The van der Waals surface area contributed by atoms with E-state index in [1.807, 2.05) is 22.4 Å². The largest absolute Gasteiger partial charge is 0.335 e. The summed E-state index contributed by atoms with van der Waals surface area (Å²) in [5.74, 6) is 0.198. The Kier molecular flexibility index (Phi) is 4.18. The average molecular weight is 252 g/mol. The van der Waals surface area contributed by atoms with E-state index in [2.05, 4.69) is 18.7 Å². The van der Waals surface area contributed by atoms with Gasteiger partial charge in [-0.2, -0.15) is 0 Å². The number of nitrogens with zero attached hydrogens (tertiary/aromatic N) is 2. The van der Waals surface area contributed by atoms with Crippen molar-refractivity contribution < 1.29 is 4.79 Å². The lowest BCUT2D eigenvalue weighted by molar-refractivity contribution is 0.0584. The van der Waals surface area contributed by atoms with E-state index in [1.165, 1.54) is 17.8 Å². The first kappa shape index (κ1) is 12.6. The first-order valence-electron chi connectivity index (χ1n) is 6.29. The van der Waals surface area contributed by atoms with Gasteiger partial charge in [0.15, 0.2) is 0 Å². The zero-order valence-corrected chi connectivity index (χ0v) is 11.4. The van der Waals surface area contributed by atoms with Crippen LogP contribution in [0.3, 0.4) is 0 Å². The van der Waals surface area contributed by atoms with Crippen molar-refractivity contribution in [1.29, 1.82) is 0 Å². The van der Waals surface area contributed by atoms with Crippen molar-refractivity contribution in [2.45, 2.75) is 26.3 Å². The summed E-state index contributed by atoms with van der Waals surface area (Å²) in [6, 6.07) is 4.48. The molecule has 2 heterocycles. The summed E-state index contributed by atoms with van der Waals surface area (Å²) in [7, 11) is 0. The molecule has 3 nitrogen and oxygen atoms in total. The Morgan fingerprint density at radius 1 is 1.41 bits per heavy atom. The molecule has 0 aliphatic carbocycles. The van der Waals surface area contributed by atoms with Crippen LogP contribution in [-0.2, 0) is 0 Å². The monoisotopic (exact) mass is 252 g/mol. The van der Waals surface area contributed by atoms with Gasteiger partial charge in [0.1, 0.15) is 0 Å². The van der Waals surface area contributed by atoms with E-state index in [-0.39, 0.29) is 5.91 Å². The second-order valence-corrected chi connectivity index (χ2v) is 5.51. The van der Waals surface area contributed by atoms with Gasteiger partial charge in [0.25, 0.3) is 5.91 Å². The third kappa shape index (κ3) is 2.87. The SMILES string of the molecule is CC[C@H](C)N1CCN(C(=O)c2cccs2)CC1. The van der Waals surface area contributed by atoms with Crippen LogP contribution in [0.15, 0.2) is 17.5 Å². The van der Waals surface area contributed by atoms with E-state index in [0.717, 1.165) is 31.1 Å². The molecule has 0 bridgehead atoms. The maximum atomic E-state index is 12.1. The standard InChI is InChI=1S/C13H20N2OS/c1-3-11(2)14-6-8-15(9-7-14)13(16)12-5-4-10-17-12/h4-5,10-11H,3,6-9H2,1-2H3/t11-/m0/s1. The van der Waals surface area contributed by atoms with Crippen LogP contribution in [0, 0.1) is 0 Å². The molecule has 1 atom stereocenters. The molecule has 2 rings (SSSR count). The molecule has 1 saturated heterocycles. The Labute approximate surface area is 107 Å². The van der Waals surface area contributed by atoms with Crippen LogP contribution in [0.5, 0.6) is 0 Å². The summed E-state index contributed by atoms with van der Waals surface area (Å²) in [5, 5.41) is 1.96. The zero-order chi connectivity index (χ0) is 12.3. The number of hydrogen-bond donors (Lipinski definition) is 0. The van der Waals surface area contributed by atoms with Gasteiger partial charge in [-0.05, 0) is 24.8 Å². The minimum absolute atomic E-state index is 0.198. The normalized spacial score (nSPS) is 19.3. The molecule has 1 aromatic heterocycles. The van der Waals surface area contributed by atoms with Crippen molar-refractivity contribution in [3.8, 4) is 0 Å². The molecule has 1 aliphatic heterocycles. The van der Waals surface area contributed by atoms with Crippen LogP contribution >= 0.6 is 11.3 Å². The predicted octanol–water partition coefficient (Wildman–Crippen LogP) is 2.30. The predicted molar refractivity (Wildman–Crippen MR) is 71.5 cm³/mol. The molecule has 1 aromatic rings. The van der Waals surface area contributed by atoms with Crippen LogP contribution in [0.1, 0.15) is 29.9 Å². The maximum absolute atomic E-state index is 12.1. The third-order valence-corrected chi connectivity index (χ3v) is 4.41. The molecule has 0 radical (unpaired) electrons. The third-order valence-electron chi connectivity index (χ3n) is 3.55. The number of thiophene rings is 1. The van der Waals surface area contributed by atoms with E-state index in [9.17, 15) is 4.79 Å². The molecule has 0 N–H and O–H groups in total. The highest BCUT2D eigenvalue weighted by Crippen LogP contribution is 2.15. The van der Waals surface area contributed by atoms with E-state index in [4.69, 9.17) is 0 Å². The van der Waals surface area contributed by atoms with Gasteiger partial charge in [-0.15, -0.1) is 11.3 Å². The highest BCUT2D eigenvalue weighted by molar-refractivity contribution is 7.12. The molecular formula is C13H20N2OS. The number of hydrogen-bond acceptors (Lipinski definition) is 3. The minimum atomic E-state index is 0.198. The Balaban J connectivity index is 1.89. The molecule has 1 amide bonds. The summed E-state index contributed by atoms with van der Waals surface area (Å²) in [6.07, 6.45) is 1.18. The molecule has 0 saturated carbocycles. The van der Waals surface area contributed by atoms with Crippen LogP contribution in [0.2, 0.25) is 0 Å². The molecule has 94 valence electrons. The number of piperazine rings is 1. The fourth-order valence-corrected chi connectivity index (χ4v) is 2.87. The smallest absolute Gasteiger partial charge is 0.264 e. The van der Waals surface area contributed by atoms with E-state index in [0.29, 0.717) is 6.04 Å². The quantitative estimate of drug-likeness (QED) is 0.824. The van der Waals surface area contributed by atoms with Crippen molar-refractivity contribution in [2.24, 2.45) is 0 Å². The van der Waals surface area contributed by atoms with Crippen LogP contribution in [0.4, 0.5) is 0 Å². The van der Waals surface area contributed by atoms with Crippen molar-refractivity contribution >= 4 is 17.2 Å². The number of carbonyl (C=O) groups is 1. The highest BCUT2D eigenvalue weighted by Gasteiger charge is 2.24.